The molecule has 0 aliphatic carbocycles. The molecule has 0 aromatic rings. The molecule has 0 aliphatic heterocycles. The zero-order chi connectivity index (χ0) is 14.4. The molecule has 2 atom stereocenters. The molecule has 114 valence electrons. The van der Waals surface area contributed by atoms with Crippen molar-refractivity contribution in [3.8, 4) is 0 Å². The fourth-order valence-electron chi connectivity index (χ4n) is 1.33. The van der Waals surface area contributed by atoms with Crippen LogP contribution in [0.2, 0.25) is 0 Å². The third-order valence-corrected chi connectivity index (χ3v) is 5.33. The van der Waals surface area contributed by atoms with E-state index >= 15 is 0 Å². The van der Waals surface area contributed by atoms with Gasteiger partial charge in [0.05, 0.1) is 11.5 Å². The van der Waals surface area contributed by atoms with Gasteiger partial charge in [0.1, 0.15) is 0 Å². The average molecular weight is 386 g/mol. The molecule has 6 nitrogen and oxygen atoms in total. The van der Waals surface area contributed by atoms with Crippen molar-refractivity contribution in [1.29, 1.82) is 0 Å². The van der Waals surface area contributed by atoms with Gasteiger partial charge in [-0.1, -0.05) is 0 Å². The van der Waals surface area contributed by atoms with Gasteiger partial charge >= 0.3 is 59.1 Å². The molecule has 0 bridgehead atoms. The van der Waals surface area contributed by atoms with Crippen molar-refractivity contribution >= 4 is 105 Å². The molecule has 0 spiro atoms. The van der Waals surface area contributed by atoms with Gasteiger partial charge in [-0.25, -0.2) is 0 Å². The number of thiol groups is 2. The zero-order valence-electron chi connectivity index (χ0n) is 9.64. The van der Waals surface area contributed by atoms with Gasteiger partial charge in [-0.15, -0.1) is 0 Å². The molecule has 0 aromatic carbocycles. The van der Waals surface area contributed by atoms with Crippen molar-refractivity contribution in [3.05, 3.63) is 0 Å². The van der Waals surface area contributed by atoms with Crippen LogP contribution in [-0.2, 0) is 20.2 Å². The Labute approximate surface area is 176 Å². The quantitative estimate of drug-likeness (QED) is 0.244. The van der Waals surface area contributed by atoms with E-state index in [4.69, 9.17) is 9.11 Å². The first-order valence-electron chi connectivity index (χ1n) is 5.28. The molecule has 0 radical (unpaired) electrons. The fraction of sp³-hybridized carbons (Fsp3) is 1.00. The fourth-order valence-corrected chi connectivity index (χ4v) is 3.06. The third-order valence-electron chi connectivity index (χ3n) is 2.25. The molecule has 2 unspecified atom stereocenters. The monoisotopic (exact) mass is 386 g/mol. The summed E-state index contributed by atoms with van der Waals surface area (Å²) >= 11 is 8.47. The van der Waals surface area contributed by atoms with Crippen LogP contribution in [0.1, 0.15) is 25.7 Å². The Morgan fingerprint density at radius 3 is 1.20 bits per heavy atom. The van der Waals surface area contributed by atoms with Crippen LogP contribution in [-0.4, -0.2) is 107 Å². The van der Waals surface area contributed by atoms with Gasteiger partial charge in [-0.3, -0.25) is 9.11 Å². The van der Waals surface area contributed by atoms with E-state index in [1.54, 1.807) is 0 Å². The standard InChI is InChI=1S/C8H18O6S4.2Na.2H/c9-17(10,11)5-1-3-7(15)8(16)4-2-6-18(12,13)14;;;;/h7-8,15-16H,1-6H2,(H,9,10,11)(H,12,13,14);;;;. The number of rotatable bonds is 9. The molecule has 0 saturated heterocycles. The average Bonchev–Trinajstić information content (AvgIpc) is 2.13. The van der Waals surface area contributed by atoms with Crippen molar-refractivity contribution in [2.75, 3.05) is 11.5 Å². The van der Waals surface area contributed by atoms with Gasteiger partial charge in [-0.05, 0) is 25.7 Å². The molecular formula is C8H20Na2O6S4. The van der Waals surface area contributed by atoms with Crippen LogP contribution in [0.25, 0.3) is 0 Å². The van der Waals surface area contributed by atoms with Gasteiger partial charge < -0.3 is 0 Å². The van der Waals surface area contributed by atoms with Gasteiger partial charge in [0.25, 0.3) is 20.2 Å². The Bertz CT molecular complexity index is 396. The van der Waals surface area contributed by atoms with Crippen LogP contribution >= 0.6 is 25.3 Å². The first-order chi connectivity index (χ1) is 8.01. The van der Waals surface area contributed by atoms with Crippen LogP contribution in [0.4, 0.5) is 0 Å². The van der Waals surface area contributed by atoms with E-state index < -0.39 is 20.2 Å². The maximum atomic E-state index is 10.5. The molecule has 0 aromatic heterocycles. The molecule has 20 heavy (non-hydrogen) atoms. The Hall–Kier alpha value is 2.52. The molecule has 0 heterocycles. The second kappa shape index (κ2) is 12.9. The topological polar surface area (TPSA) is 109 Å². The second-order valence-corrected chi connectivity index (χ2v) is 8.46. The number of hydrogen-bond acceptors (Lipinski definition) is 6. The Balaban J connectivity index is -0.00000144. The second-order valence-electron chi connectivity index (χ2n) is 3.99. The summed E-state index contributed by atoms with van der Waals surface area (Å²) in [5, 5.41) is -0.395. The third kappa shape index (κ3) is 18.6. The predicted octanol–water partition coefficient (Wildman–Crippen LogP) is -0.378. The van der Waals surface area contributed by atoms with Gasteiger partial charge in [0.2, 0.25) is 0 Å². The van der Waals surface area contributed by atoms with Gasteiger partial charge in [-0.2, -0.15) is 42.1 Å². The van der Waals surface area contributed by atoms with Crippen LogP contribution in [0.5, 0.6) is 0 Å². The van der Waals surface area contributed by atoms with E-state index in [0.29, 0.717) is 12.8 Å². The molecule has 2 N–H and O–H groups in total. The first-order valence-corrected chi connectivity index (χ1v) is 9.53. The van der Waals surface area contributed by atoms with Crippen molar-refractivity contribution in [2.45, 2.75) is 36.2 Å². The van der Waals surface area contributed by atoms with E-state index in [2.05, 4.69) is 25.3 Å². The summed E-state index contributed by atoms with van der Waals surface area (Å²) in [6, 6.07) is 0. The van der Waals surface area contributed by atoms with E-state index in [1.165, 1.54) is 0 Å². The molecule has 0 amide bonds. The van der Waals surface area contributed by atoms with Crippen molar-refractivity contribution in [2.24, 2.45) is 0 Å². The van der Waals surface area contributed by atoms with Crippen LogP contribution in [0, 0.1) is 0 Å². The summed E-state index contributed by atoms with van der Waals surface area (Å²) in [6.07, 6.45) is 1.43. The summed E-state index contributed by atoms with van der Waals surface area (Å²) in [5.74, 6) is -0.648. The normalized spacial score (nSPS) is 14.8. The minimum atomic E-state index is -3.95. The molecule has 0 rings (SSSR count). The van der Waals surface area contributed by atoms with Crippen molar-refractivity contribution < 1.29 is 25.9 Å². The van der Waals surface area contributed by atoms with E-state index in [0.717, 1.165) is 0 Å². The molecular weight excluding hydrogens is 366 g/mol. The summed E-state index contributed by atoms with van der Waals surface area (Å²) < 4.78 is 59.0. The molecule has 0 saturated carbocycles. The van der Waals surface area contributed by atoms with E-state index in [9.17, 15) is 16.8 Å². The first kappa shape index (κ1) is 27.4. The van der Waals surface area contributed by atoms with E-state index in [-0.39, 0.29) is 94.0 Å². The predicted molar refractivity (Wildman–Crippen MR) is 91.1 cm³/mol. The Morgan fingerprint density at radius 2 is 1.00 bits per heavy atom. The minimum absolute atomic E-state index is 0. The Morgan fingerprint density at radius 1 is 0.750 bits per heavy atom. The van der Waals surface area contributed by atoms with Crippen molar-refractivity contribution in [1.82, 2.24) is 0 Å². The Kier molecular flexibility index (Phi) is 17.6. The molecule has 0 aliphatic rings. The summed E-state index contributed by atoms with van der Waals surface area (Å²) in [5.41, 5.74) is 0. The van der Waals surface area contributed by atoms with Gasteiger partial charge in [0.15, 0.2) is 0 Å². The van der Waals surface area contributed by atoms with Gasteiger partial charge in [0, 0.05) is 10.5 Å². The number of hydrogen-bond donors (Lipinski definition) is 4. The van der Waals surface area contributed by atoms with Crippen molar-refractivity contribution in [3.63, 3.8) is 0 Å². The summed E-state index contributed by atoms with van der Waals surface area (Å²) in [7, 11) is -7.91. The maximum absolute atomic E-state index is 10.5. The molecule has 12 heteroatoms. The van der Waals surface area contributed by atoms with Crippen LogP contribution < -0.4 is 0 Å². The van der Waals surface area contributed by atoms with E-state index in [1.807, 2.05) is 0 Å². The SMILES string of the molecule is O=S(=O)(O)CCCC(S)C(S)CCCS(=O)(=O)O.[NaH].[NaH]. The molecule has 0 fully saturated rings. The van der Waals surface area contributed by atoms with Crippen LogP contribution in [0.3, 0.4) is 0 Å². The zero-order valence-corrected chi connectivity index (χ0v) is 13.1. The van der Waals surface area contributed by atoms with Crippen LogP contribution in [0.15, 0.2) is 0 Å². The summed E-state index contributed by atoms with van der Waals surface area (Å²) in [6.45, 7) is 0. The summed E-state index contributed by atoms with van der Waals surface area (Å²) in [4.78, 5) is 0.